The number of aliphatic hydroxyl groups is 1. The van der Waals surface area contributed by atoms with E-state index in [-0.39, 0.29) is 25.7 Å². The number of esters is 4. The molecule has 0 fully saturated rings. The number of phosphoric acid groups is 2. The van der Waals surface area contributed by atoms with Gasteiger partial charge in [-0.25, -0.2) is 9.13 Å². The van der Waals surface area contributed by atoms with Crippen LogP contribution in [0, 0.1) is 0 Å². The van der Waals surface area contributed by atoms with Crippen LogP contribution in [0.5, 0.6) is 0 Å². The Hall–Kier alpha value is -1.94. The van der Waals surface area contributed by atoms with Crippen LogP contribution in [-0.2, 0) is 65.4 Å². The Morgan fingerprint density at radius 1 is 0.439 bits per heavy atom. The first kappa shape index (κ1) is 55.1. The fourth-order valence-corrected chi connectivity index (χ4v) is 6.64. The molecule has 0 spiro atoms. The highest BCUT2D eigenvalue weighted by Crippen LogP contribution is 2.45. The molecule has 57 heavy (non-hydrogen) atoms. The Bertz CT molecular complexity index is 1170. The third-order valence-electron chi connectivity index (χ3n) is 8.41. The van der Waals surface area contributed by atoms with Crippen molar-refractivity contribution in [2.75, 3.05) is 39.6 Å². The molecule has 5 atom stereocenters. The van der Waals surface area contributed by atoms with E-state index in [2.05, 4.69) is 6.92 Å². The summed E-state index contributed by atoms with van der Waals surface area (Å²) in [6.07, 6.45) is 13.2. The van der Waals surface area contributed by atoms with Gasteiger partial charge < -0.3 is 33.8 Å². The second kappa shape index (κ2) is 34.9. The zero-order valence-electron chi connectivity index (χ0n) is 34.8. The maximum absolute atomic E-state index is 12.6. The van der Waals surface area contributed by atoms with Crippen molar-refractivity contribution in [2.24, 2.45) is 0 Å². The van der Waals surface area contributed by atoms with Crippen molar-refractivity contribution < 1.29 is 80.2 Å². The highest BCUT2D eigenvalue weighted by Gasteiger charge is 2.30. The normalized spacial score (nSPS) is 15.1. The lowest BCUT2D eigenvalue weighted by Crippen LogP contribution is -2.30. The van der Waals surface area contributed by atoms with Crippen molar-refractivity contribution in [2.45, 2.75) is 181 Å². The van der Waals surface area contributed by atoms with Crippen LogP contribution in [0.4, 0.5) is 0 Å². The van der Waals surface area contributed by atoms with Crippen LogP contribution in [-0.4, -0.2) is 96.7 Å². The summed E-state index contributed by atoms with van der Waals surface area (Å²) >= 11 is 0. The third-order valence-corrected chi connectivity index (χ3v) is 10.3. The zero-order valence-corrected chi connectivity index (χ0v) is 36.6. The molecule has 0 aromatic heterocycles. The summed E-state index contributed by atoms with van der Waals surface area (Å²) < 4.78 is 65.1. The smallest absolute Gasteiger partial charge is 0.462 e. The molecule has 0 radical (unpaired) electrons. The summed E-state index contributed by atoms with van der Waals surface area (Å²) in [7, 11) is -9.76. The molecule has 0 saturated carbocycles. The summed E-state index contributed by atoms with van der Waals surface area (Å²) in [6, 6.07) is 0. The van der Waals surface area contributed by atoms with Crippen molar-refractivity contribution in [3.63, 3.8) is 0 Å². The van der Waals surface area contributed by atoms with Crippen LogP contribution in [0.15, 0.2) is 0 Å². The summed E-state index contributed by atoms with van der Waals surface area (Å²) in [5, 5.41) is 10.2. The first-order valence-corrected chi connectivity index (χ1v) is 23.8. The van der Waals surface area contributed by atoms with E-state index in [0.29, 0.717) is 19.3 Å². The van der Waals surface area contributed by atoms with Gasteiger partial charge in [0.05, 0.1) is 26.4 Å². The van der Waals surface area contributed by atoms with Gasteiger partial charge in [-0.3, -0.25) is 37.3 Å². The lowest BCUT2D eigenvalue weighted by Gasteiger charge is -2.21. The number of ether oxygens (including phenoxy) is 4. The van der Waals surface area contributed by atoms with Crippen molar-refractivity contribution in [1.82, 2.24) is 0 Å². The average Bonchev–Trinajstić information content (AvgIpc) is 3.18. The summed E-state index contributed by atoms with van der Waals surface area (Å²) in [6.45, 7) is 3.65. The van der Waals surface area contributed by atoms with Crippen molar-refractivity contribution in [3.8, 4) is 0 Å². The van der Waals surface area contributed by atoms with Gasteiger partial charge in [-0.05, 0) is 19.3 Å². The molecule has 2 unspecified atom stereocenters. The molecule has 17 nitrogen and oxygen atoms in total. The second-order valence-electron chi connectivity index (χ2n) is 13.9. The molecule has 0 aromatic carbocycles. The van der Waals surface area contributed by atoms with Crippen LogP contribution in [0.3, 0.4) is 0 Å². The van der Waals surface area contributed by atoms with Crippen molar-refractivity contribution in [1.29, 1.82) is 0 Å². The molecule has 3 N–H and O–H groups in total. The number of rotatable bonds is 39. The molecule has 0 bridgehead atoms. The summed E-state index contributed by atoms with van der Waals surface area (Å²) in [5.41, 5.74) is 0. The van der Waals surface area contributed by atoms with E-state index in [0.717, 1.165) is 44.9 Å². The number of aliphatic hydroxyl groups excluding tert-OH is 1. The quantitative estimate of drug-likeness (QED) is 0.0231. The van der Waals surface area contributed by atoms with Gasteiger partial charge in [-0.15, -0.1) is 0 Å². The predicted octanol–water partition coefficient (Wildman–Crippen LogP) is 7.80. The van der Waals surface area contributed by atoms with Gasteiger partial charge in [0.2, 0.25) is 0 Å². The minimum Gasteiger partial charge on any atom is -0.462 e. The Morgan fingerprint density at radius 2 is 0.772 bits per heavy atom. The second-order valence-corrected chi connectivity index (χ2v) is 16.8. The van der Waals surface area contributed by atoms with E-state index < -0.39 is 97.5 Å². The number of carbonyl (C=O) groups is 4. The predicted molar refractivity (Wildman–Crippen MR) is 211 cm³/mol. The lowest BCUT2D eigenvalue weighted by molar-refractivity contribution is -0.161. The molecule has 0 aromatic rings. The standard InChI is InChI=1S/C38H72O17P2/c1-5-9-12-14-15-16-17-18-19-20-22-24-36(41)49-29-34(55-38(43)25-21-13-10-6-2)31-53-57(46,47)51-27-32(39)26-50-56(44,45)52-30-33(28-48-35(40)8-4)54-37(42)23-11-7-3/h32-34,39H,5-31H2,1-4H3,(H,44,45)(H,46,47)/t32-,33+,34+/m0/s1. The van der Waals surface area contributed by atoms with E-state index in [4.69, 9.17) is 37.0 Å². The molecule has 0 heterocycles. The van der Waals surface area contributed by atoms with Gasteiger partial charge in [-0.1, -0.05) is 118 Å². The molecule has 0 amide bonds. The molecule has 0 aliphatic heterocycles. The average molecular weight is 863 g/mol. The number of hydrogen-bond acceptors (Lipinski definition) is 15. The van der Waals surface area contributed by atoms with Crippen LogP contribution in [0.1, 0.15) is 163 Å². The highest BCUT2D eigenvalue weighted by molar-refractivity contribution is 7.47. The Labute approximate surface area is 339 Å². The molecule has 0 saturated heterocycles. The summed E-state index contributed by atoms with van der Waals surface area (Å²) in [4.78, 5) is 68.7. The Morgan fingerprint density at radius 3 is 1.19 bits per heavy atom. The van der Waals surface area contributed by atoms with E-state index in [1.807, 2.05) is 13.8 Å². The molecule has 0 aliphatic rings. The van der Waals surface area contributed by atoms with E-state index in [1.54, 1.807) is 6.92 Å². The minimum atomic E-state index is -4.89. The number of unbranched alkanes of at least 4 members (excludes halogenated alkanes) is 14. The van der Waals surface area contributed by atoms with Gasteiger partial charge >= 0.3 is 39.5 Å². The SMILES string of the molecule is CCCCCCCCCCCCCC(=O)OC[C@H](COP(=O)(O)OC[C@@H](O)COP(=O)(O)OC[C@@H](COC(=O)CC)OC(=O)CCCC)OC(=O)CCCCCC. The number of phosphoric ester groups is 2. The fraction of sp³-hybridized carbons (Fsp3) is 0.895. The molecular formula is C38H72O17P2. The van der Waals surface area contributed by atoms with Gasteiger partial charge in [0.15, 0.2) is 12.2 Å². The van der Waals surface area contributed by atoms with Gasteiger partial charge in [0, 0.05) is 25.7 Å². The zero-order chi connectivity index (χ0) is 42.8. The van der Waals surface area contributed by atoms with Crippen LogP contribution >= 0.6 is 15.6 Å². The Balaban J connectivity index is 4.88. The maximum Gasteiger partial charge on any atom is 0.472 e. The number of carbonyl (C=O) groups excluding carboxylic acids is 4. The van der Waals surface area contributed by atoms with Crippen LogP contribution < -0.4 is 0 Å². The van der Waals surface area contributed by atoms with Gasteiger partial charge in [0.25, 0.3) is 0 Å². The highest BCUT2D eigenvalue weighted by atomic mass is 31.2. The van der Waals surface area contributed by atoms with E-state index >= 15 is 0 Å². The first-order chi connectivity index (χ1) is 27.2. The monoisotopic (exact) mass is 862 g/mol. The van der Waals surface area contributed by atoms with Crippen molar-refractivity contribution >= 4 is 39.5 Å². The fourth-order valence-electron chi connectivity index (χ4n) is 5.06. The van der Waals surface area contributed by atoms with Crippen molar-refractivity contribution in [3.05, 3.63) is 0 Å². The largest absolute Gasteiger partial charge is 0.472 e. The molecule has 336 valence electrons. The lowest BCUT2D eigenvalue weighted by atomic mass is 10.1. The minimum absolute atomic E-state index is 0.0485. The molecule has 0 aliphatic carbocycles. The molecule has 19 heteroatoms. The van der Waals surface area contributed by atoms with E-state index in [9.17, 15) is 43.2 Å². The van der Waals surface area contributed by atoms with Crippen LogP contribution in [0.2, 0.25) is 0 Å². The third kappa shape index (κ3) is 34.6. The van der Waals surface area contributed by atoms with Gasteiger partial charge in [0.1, 0.15) is 19.3 Å². The molecular weight excluding hydrogens is 790 g/mol. The number of hydrogen-bond donors (Lipinski definition) is 3. The van der Waals surface area contributed by atoms with E-state index in [1.165, 1.54) is 44.9 Å². The first-order valence-electron chi connectivity index (χ1n) is 20.8. The maximum atomic E-state index is 12.6. The van der Waals surface area contributed by atoms with Gasteiger partial charge in [-0.2, -0.15) is 0 Å². The summed E-state index contributed by atoms with van der Waals surface area (Å²) in [5.74, 6) is -2.32. The Kier molecular flexibility index (Phi) is 33.7. The molecule has 0 rings (SSSR count). The topological polar surface area (TPSA) is 237 Å². The van der Waals surface area contributed by atoms with Crippen LogP contribution in [0.25, 0.3) is 0 Å².